The Bertz CT molecular complexity index is 892. The van der Waals surface area contributed by atoms with Gasteiger partial charge < -0.3 is 14.6 Å². The van der Waals surface area contributed by atoms with Gasteiger partial charge in [-0.1, -0.05) is 18.2 Å². The van der Waals surface area contributed by atoms with Gasteiger partial charge in [-0.2, -0.15) is 0 Å². The lowest BCUT2D eigenvalue weighted by atomic mass is 10.1. The van der Waals surface area contributed by atoms with Crippen molar-refractivity contribution in [3.05, 3.63) is 65.0 Å². The molecular formula is C21H21NO3S. The number of thiophene rings is 1. The highest BCUT2D eigenvalue weighted by atomic mass is 32.1. The summed E-state index contributed by atoms with van der Waals surface area (Å²) in [5.74, 6) is 1.69. The zero-order valence-corrected chi connectivity index (χ0v) is 15.5. The van der Waals surface area contributed by atoms with Crippen LogP contribution in [0.1, 0.15) is 11.1 Å². The van der Waals surface area contributed by atoms with E-state index < -0.39 is 0 Å². The molecule has 26 heavy (non-hydrogen) atoms. The molecule has 0 atom stereocenters. The molecule has 0 radical (unpaired) electrons. The third-order valence-electron chi connectivity index (χ3n) is 4.54. The van der Waals surface area contributed by atoms with E-state index in [0.717, 1.165) is 41.4 Å². The van der Waals surface area contributed by atoms with Crippen molar-refractivity contribution in [1.29, 1.82) is 0 Å². The van der Waals surface area contributed by atoms with Crippen LogP contribution in [0.15, 0.2) is 53.9 Å². The fourth-order valence-corrected chi connectivity index (χ4v) is 4.02. The molecule has 2 aromatic carbocycles. The van der Waals surface area contributed by atoms with Crippen LogP contribution in [0.3, 0.4) is 0 Å². The van der Waals surface area contributed by atoms with E-state index >= 15 is 0 Å². The maximum Gasteiger partial charge on any atom is 0.165 e. The van der Waals surface area contributed by atoms with Crippen LogP contribution in [-0.4, -0.2) is 30.3 Å². The molecule has 1 N–H and O–H groups in total. The van der Waals surface area contributed by atoms with Gasteiger partial charge in [-0.15, -0.1) is 11.3 Å². The molecule has 134 valence electrons. The van der Waals surface area contributed by atoms with Gasteiger partial charge in [0, 0.05) is 30.1 Å². The highest BCUT2D eigenvalue weighted by Gasteiger charge is 2.20. The highest BCUT2D eigenvalue weighted by Crippen LogP contribution is 2.38. The first kappa shape index (κ1) is 16.9. The Morgan fingerprint density at radius 3 is 2.92 bits per heavy atom. The molecule has 0 bridgehead atoms. The summed E-state index contributed by atoms with van der Waals surface area (Å²) in [6.45, 7) is 2.91. The van der Waals surface area contributed by atoms with E-state index in [2.05, 4.69) is 29.2 Å². The van der Waals surface area contributed by atoms with Crippen molar-refractivity contribution < 1.29 is 14.6 Å². The summed E-state index contributed by atoms with van der Waals surface area (Å²) in [5, 5.41) is 12.5. The minimum atomic E-state index is 0.217. The van der Waals surface area contributed by atoms with E-state index in [1.54, 1.807) is 24.5 Å². The first-order chi connectivity index (χ1) is 12.7. The van der Waals surface area contributed by atoms with Gasteiger partial charge in [0.1, 0.15) is 12.4 Å². The first-order valence-electron chi connectivity index (χ1n) is 8.61. The normalized spacial score (nSPS) is 14.3. The van der Waals surface area contributed by atoms with E-state index in [4.69, 9.17) is 9.47 Å². The van der Waals surface area contributed by atoms with Gasteiger partial charge in [0.25, 0.3) is 0 Å². The Morgan fingerprint density at radius 1 is 1.19 bits per heavy atom. The van der Waals surface area contributed by atoms with Gasteiger partial charge in [-0.05, 0) is 46.8 Å². The number of benzene rings is 2. The number of fused-ring (bicyclic) bond motifs is 1. The van der Waals surface area contributed by atoms with Crippen LogP contribution in [0.25, 0.3) is 10.4 Å². The number of phenols is 1. The third kappa shape index (κ3) is 3.54. The van der Waals surface area contributed by atoms with Crippen LogP contribution in [0.5, 0.6) is 17.2 Å². The SMILES string of the molecule is COc1cccc(CN2CCOc3c(O)cc(-c4cccs4)cc3C2)c1. The van der Waals surface area contributed by atoms with Crippen molar-refractivity contribution in [1.82, 2.24) is 4.90 Å². The Balaban J connectivity index is 1.60. The van der Waals surface area contributed by atoms with Crippen LogP contribution in [0.4, 0.5) is 0 Å². The molecule has 1 aliphatic rings. The average Bonchev–Trinajstić information content (AvgIpc) is 3.11. The summed E-state index contributed by atoms with van der Waals surface area (Å²) >= 11 is 1.67. The molecule has 3 aromatic rings. The van der Waals surface area contributed by atoms with Crippen molar-refractivity contribution >= 4 is 11.3 Å². The van der Waals surface area contributed by atoms with Crippen LogP contribution in [-0.2, 0) is 13.1 Å². The Labute approximate surface area is 157 Å². The molecule has 2 heterocycles. The monoisotopic (exact) mass is 367 g/mol. The van der Waals surface area contributed by atoms with Gasteiger partial charge in [-0.25, -0.2) is 0 Å². The second-order valence-corrected chi connectivity index (χ2v) is 7.32. The smallest absolute Gasteiger partial charge is 0.165 e. The second-order valence-electron chi connectivity index (χ2n) is 6.37. The Kier molecular flexibility index (Phi) is 4.82. The molecule has 0 fully saturated rings. The summed E-state index contributed by atoms with van der Waals surface area (Å²) in [6.07, 6.45) is 0. The van der Waals surface area contributed by atoms with Crippen LogP contribution < -0.4 is 9.47 Å². The molecule has 0 saturated carbocycles. The standard InChI is InChI=1S/C21H21NO3S/c1-24-18-5-2-4-15(10-18)13-22-7-8-25-21-17(14-22)11-16(12-19(21)23)20-6-3-9-26-20/h2-6,9-12,23H,7-8,13-14H2,1H3. The molecule has 1 aliphatic heterocycles. The second kappa shape index (κ2) is 7.40. The number of rotatable bonds is 4. The van der Waals surface area contributed by atoms with E-state index in [0.29, 0.717) is 12.4 Å². The summed E-state index contributed by atoms with van der Waals surface area (Å²) in [7, 11) is 1.68. The number of nitrogens with zero attached hydrogens (tertiary/aromatic N) is 1. The van der Waals surface area contributed by atoms with Crippen molar-refractivity contribution in [2.75, 3.05) is 20.3 Å². The summed E-state index contributed by atoms with van der Waals surface area (Å²) in [6, 6.07) is 16.1. The van der Waals surface area contributed by atoms with Crippen LogP contribution in [0.2, 0.25) is 0 Å². The highest BCUT2D eigenvalue weighted by molar-refractivity contribution is 7.13. The average molecular weight is 367 g/mol. The van der Waals surface area contributed by atoms with Gasteiger partial charge in [-0.3, -0.25) is 4.90 Å². The van der Waals surface area contributed by atoms with Crippen LogP contribution >= 0.6 is 11.3 Å². The Morgan fingerprint density at radius 2 is 2.12 bits per heavy atom. The zero-order chi connectivity index (χ0) is 17.9. The molecule has 0 aliphatic carbocycles. The number of ether oxygens (including phenoxy) is 2. The molecule has 0 unspecified atom stereocenters. The van der Waals surface area contributed by atoms with Crippen molar-refractivity contribution in [3.8, 4) is 27.7 Å². The number of methoxy groups -OCH3 is 1. The molecule has 4 rings (SSSR count). The van der Waals surface area contributed by atoms with Gasteiger partial charge >= 0.3 is 0 Å². The van der Waals surface area contributed by atoms with Gasteiger partial charge in [0.15, 0.2) is 11.5 Å². The zero-order valence-electron chi connectivity index (χ0n) is 14.6. The molecule has 5 heteroatoms. The molecule has 0 spiro atoms. The fraction of sp³-hybridized carbons (Fsp3) is 0.238. The van der Waals surface area contributed by atoms with Crippen LogP contribution in [0, 0.1) is 0 Å². The molecule has 0 amide bonds. The third-order valence-corrected chi connectivity index (χ3v) is 5.46. The lowest BCUT2D eigenvalue weighted by Gasteiger charge is -2.20. The predicted molar refractivity (Wildman–Crippen MR) is 104 cm³/mol. The van der Waals surface area contributed by atoms with E-state index in [1.165, 1.54) is 5.56 Å². The Hall–Kier alpha value is -2.50. The topological polar surface area (TPSA) is 41.9 Å². The predicted octanol–water partition coefficient (Wildman–Crippen LogP) is 4.52. The molecule has 1 aromatic heterocycles. The molecular weight excluding hydrogens is 346 g/mol. The fourth-order valence-electron chi connectivity index (χ4n) is 3.30. The minimum Gasteiger partial charge on any atom is -0.504 e. The quantitative estimate of drug-likeness (QED) is 0.736. The largest absolute Gasteiger partial charge is 0.504 e. The van der Waals surface area contributed by atoms with Crippen molar-refractivity contribution in [3.63, 3.8) is 0 Å². The van der Waals surface area contributed by atoms with Gasteiger partial charge in [0.05, 0.1) is 7.11 Å². The molecule has 4 nitrogen and oxygen atoms in total. The van der Waals surface area contributed by atoms with Crippen molar-refractivity contribution in [2.45, 2.75) is 13.1 Å². The lowest BCUT2D eigenvalue weighted by molar-refractivity contribution is 0.217. The first-order valence-corrected chi connectivity index (χ1v) is 9.49. The van der Waals surface area contributed by atoms with E-state index in [-0.39, 0.29) is 5.75 Å². The maximum atomic E-state index is 10.4. The van der Waals surface area contributed by atoms with Crippen molar-refractivity contribution in [2.24, 2.45) is 0 Å². The van der Waals surface area contributed by atoms with E-state index in [9.17, 15) is 5.11 Å². The maximum absolute atomic E-state index is 10.4. The van der Waals surface area contributed by atoms with E-state index in [1.807, 2.05) is 23.6 Å². The number of aromatic hydroxyl groups is 1. The summed E-state index contributed by atoms with van der Waals surface area (Å²) in [5.41, 5.74) is 3.25. The number of hydrogen-bond donors (Lipinski definition) is 1. The number of phenolic OH excluding ortho intramolecular Hbond substituents is 1. The molecule has 0 saturated heterocycles. The minimum absolute atomic E-state index is 0.217. The summed E-state index contributed by atoms with van der Waals surface area (Å²) in [4.78, 5) is 3.48. The number of hydrogen-bond acceptors (Lipinski definition) is 5. The summed E-state index contributed by atoms with van der Waals surface area (Å²) < 4.78 is 11.2. The van der Waals surface area contributed by atoms with Gasteiger partial charge in [0.2, 0.25) is 0 Å². The lowest BCUT2D eigenvalue weighted by Crippen LogP contribution is -2.25.